The highest BCUT2D eigenvalue weighted by molar-refractivity contribution is 7.14. The Morgan fingerprint density at radius 1 is 1.07 bits per heavy atom. The number of allylic oxidation sites excluding steroid dienone is 1. The van der Waals surface area contributed by atoms with Crippen LogP contribution in [0.1, 0.15) is 95.6 Å². The lowest BCUT2D eigenvalue weighted by molar-refractivity contribution is -0.133. The van der Waals surface area contributed by atoms with E-state index in [-0.39, 0.29) is 30.4 Å². The first kappa shape index (κ1) is 36.2. The van der Waals surface area contributed by atoms with Crippen LogP contribution in [0.15, 0.2) is 22.5 Å². The van der Waals surface area contributed by atoms with Gasteiger partial charge in [0.05, 0.1) is 17.0 Å². The Hall–Kier alpha value is -3.29. The van der Waals surface area contributed by atoms with Crippen LogP contribution in [0, 0.1) is 0 Å². The van der Waals surface area contributed by atoms with Crippen LogP contribution in [0.3, 0.4) is 0 Å². The van der Waals surface area contributed by atoms with Crippen molar-refractivity contribution in [1.29, 1.82) is 0 Å². The molecule has 0 bridgehead atoms. The van der Waals surface area contributed by atoms with E-state index in [1.54, 1.807) is 40.0 Å². The lowest BCUT2D eigenvalue weighted by atomic mass is 9.94. The molecule has 1 fully saturated rings. The predicted octanol–water partition coefficient (Wildman–Crippen LogP) is 5.45. The molecule has 2 aromatic rings. The van der Waals surface area contributed by atoms with Gasteiger partial charge in [-0.25, -0.2) is 14.8 Å². The quantitative estimate of drug-likeness (QED) is 0.159. The molecule has 0 aliphatic carbocycles. The second-order valence-corrected chi connectivity index (χ2v) is 14.9. The van der Waals surface area contributed by atoms with E-state index in [4.69, 9.17) is 4.74 Å². The third-order valence-corrected chi connectivity index (χ3v) is 8.91. The van der Waals surface area contributed by atoms with Crippen LogP contribution in [-0.4, -0.2) is 86.9 Å². The van der Waals surface area contributed by atoms with E-state index in [1.165, 1.54) is 33.6 Å². The minimum Gasteiger partial charge on any atom is -0.443 e. The normalized spacial score (nSPS) is 16.3. The molecule has 0 aromatic carbocycles. The molecule has 1 aliphatic heterocycles. The molecule has 1 aliphatic rings. The van der Waals surface area contributed by atoms with Gasteiger partial charge in [0, 0.05) is 47.8 Å². The SMILES string of the molecule is C[C@H]1CC/C(=C/C(=O)NC(C)(C)C(=O)CC(=O)CCc2nc(-c3nc(C(=O)CCCN(C)C)cs3)cs2)N1C(=O)OC(C)(C)C. The van der Waals surface area contributed by atoms with Gasteiger partial charge in [0.1, 0.15) is 27.8 Å². The maximum absolute atomic E-state index is 13.0. The Morgan fingerprint density at radius 2 is 1.78 bits per heavy atom. The molecule has 1 saturated heterocycles. The first-order chi connectivity index (χ1) is 20.9. The third-order valence-electron chi connectivity index (χ3n) is 7.13. The number of aryl methyl sites for hydroxylation is 1. The van der Waals surface area contributed by atoms with Gasteiger partial charge in [0.2, 0.25) is 5.91 Å². The summed E-state index contributed by atoms with van der Waals surface area (Å²) >= 11 is 2.77. The Bertz CT molecular complexity index is 1440. The minimum absolute atomic E-state index is 0.0109. The van der Waals surface area contributed by atoms with E-state index < -0.39 is 28.9 Å². The third kappa shape index (κ3) is 10.9. The lowest BCUT2D eigenvalue weighted by Gasteiger charge is -2.28. The highest BCUT2D eigenvalue weighted by Gasteiger charge is 2.35. The Balaban J connectivity index is 1.50. The van der Waals surface area contributed by atoms with Crippen molar-refractivity contribution < 1.29 is 28.7 Å². The summed E-state index contributed by atoms with van der Waals surface area (Å²) in [7, 11) is 3.94. The van der Waals surface area contributed by atoms with Gasteiger partial charge >= 0.3 is 6.09 Å². The highest BCUT2D eigenvalue weighted by atomic mass is 32.1. The largest absolute Gasteiger partial charge is 0.443 e. The molecule has 2 aromatic heterocycles. The van der Waals surface area contributed by atoms with Gasteiger partial charge < -0.3 is 15.0 Å². The summed E-state index contributed by atoms with van der Waals surface area (Å²) in [4.78, 5) is 76.3. The smallest absolute Gasteiger partial charge is 0.414 e. The number of Topliss-reactive ketones (excluding diaryl/α,β-unsaturated/α-hetero) is 3. The van der Waals surface area contributed by atoms with Crippen molar-refractivity contribution in [2.75, 3.05) is 20.6 Å². The Labute approximate surface area is 273 Å². The Morgan fingerprint density at radius 3 is 2.44 bits per heavy atom. The van der Waals surface area contributed by atoms with E-state index in [9.17, 15) is 24.0 Å². The Kier molecular flexibility index (Phi) is 12.3. The molecule has 45 heavy (non-hydrogen) atoms. The van der Waals surface area contributed by atoms with Gasteiger partial charge in [-0.3, -0.25) is 24.1 Å². The van der Waals surface area contributed by atoms with Crippen LogP contribution in [0.25, 0.3) is 10.7 Å². The number of rotatable bonds is 14. The second kappa shape index (κ2) is 15.3. The monoisotopic (exact) mass is 659 g/mol. The molecule has 246 valence electrons. The minimum atomic E-state index is -1.29. The lowest BCUT2D eigenvalue weighted by Crippen LogP contribution is -2.50. The van der Waals surface area contributed by atoms with Gasteiger partial charge in [-0.2, -0.15) is 0 Å². The molecule has 0 saturated carbocycles. The van der Waals surface area contributed by atoms with E-state index in [1.807, 2.05) is 31.3 Å². The molecule has 3 rings (SSSR count). The number of nitrogens with one attached hydrogen (secondary N) is 1. The van der Waals surface area contributed by atoms with E-state index >= 15 is 0 Å². The first-order valence-corrected chi connectivity index (χ1v) is 16.9. The van der Waals surface area contributed by atoms with E-state index in [0.29, 0.717) is 47.8 Å². The summed E-state index contributed by atoms with van der Waals surface area (Å²) in [5.41, 5.74) is -0.326. The van der Waals surface area contributed by atoms with Gasteiger partial charge in [-0.1, -0.05) is 0 Å². The van der Waals surface area contributed by atoms with Gasteiger partial charge in [-0.15, -0.1) is 22.7 Å². The fraction of sp³-hybridized carbons (Fsp3) is 0.594. The van der Waals surface area contributed by atoms with Crippen LogP contribution >= 0.6 is 22.7 Å². The summed E-state index contributed by atoms with van der Waals surface area (Å²) in [6.07, 6.45) is 3.42. The molecule has 1 atom stereocenters. The van der Waals surface area contributed by atoms with E-state index in [0.717, 1.165) is 18.0 Å². The van der Waals surface area contributed by atoms with Crippen molar-refractivity contribution in [1.82, 2.24) is 25.1 Å². The van der Waals surface area contributed by atoms with Crippen molar-refractivity contribution in [3.63, 3.8) is 0 Å². The van der Waals surface area contributed by atoms with Gasteiger partial charge in [0.25, 0.3) is 0 Å². The topological polar surface area (TPSA) is 139 Å². The number of ketones is 3. The number of hydrogen-bond acceptors (Lipinski definition) is 11. The van der Waals surface area contributed by atoms with Crippen LogP contribution in [-0.2, 0) is 25.5 Å². The van der Waals surface area contributed by atoms with Crippen LogP contribution in [0.4, 0.5) is 4.79 Å². The number of aromatic nitrogens is 2. The van der Waals surface area contributed by atoms with Crippen molar-refractivity contribution >= 4 is 52.0 Å². The maximum Gasteiger partial charge on any atom is 0.414 e. The summed E-state index contributed by atoms with van der Waals surface area (Å²) < 4.78 is 5.50. The highest BCUT2D eigenvalue weighted by Crippen LogP contribution is 2.30. The fourth-order valence-electron chi connectivity index (χ4n) is 4.67. The van der Waals surface area contributed by atoms with Crippen LogP contribution < -0.4 is 5.32 Å². The molecule has 0 unspecified atom stereocenters. The van der Waals surface area contributed by atoms with Crippen LogP contribution in [0.2, 0.25) is 0 Å². The van der Waals surface area contributed by atoms with Gasteiger partial charge in [-0.05, 0) is 81.4 Å². The fourth-order valence-corrected chi connectivity index (χ4v) is 6.31. The zero-order valence-electron chi connectivity index (χ0n) is 27.5. The summed E-state index contributed by atoms with van der Waals surface area (Å²) in [6, 6.07) is -0.119. The number of thiazole rings is 2. The molecule has 0 radical (unpaired) electrons. The average molecular weight is 660 g/mol. The number of likely N-dealkylation sites (tertiary alicyclic amines) is 1. The number of ether oxygens (including phenoxy) is 1. The number of carbonyl (C=O) groups excluding carboxylic acids is 5. The standard InChI is InChI=1S/C32H45N5O6S2/c1-20-11-12-21(37(20)30(42)43-31(2,3)4)16-27(41)35-32(5,6)26(40)17-22(38)13-14-28-33-24(19-44-28)29-34-23(18-45-29)25(39)10-9-15-36(7)8/h16,18-20H,9-15,17H2,1-8H3,(H,35,41)/b21-16-/t20-/m0/s1. The zero-order chi connectivity index (χ0) is 33.5. The molecular weight excluding hydrogens is 615 g/mol. The molecule has 2 amide bonds. The molecule has 3 heterocycles. The summed E-state index contributed by atoms with van der Waals surface area (Å²) in [6.45, 7) is 11.2. The average Bonchev–Trinajstić information content (AvgIpc) is 3.66. The molecule has 11 nitrogen and oxygen atoms in total. The summed E-state index contributed by atoms with van der Waals surface area (Å²) in [5, 5.41) is 7.69. The molecule has 13 heteroatoms. The number of carbonyl (C=O) groups is 5. The van der Waals surface area contributed by atoms with Crippen molar-refractivity contribution in [2.24, 2.45) is 0 Å². The maximum atomic E-state index is 13.0. The second-order valence-electron chi connectivity index (χ2n) is 13.1. The molecule has 0 spiro atoms. The van der Waals surface area contributed by atoms with Crippen molar-refractivity contribution in [2.45, 2.75) is 104 Å². The van der Waals surface area contributed by atoms with E-state index in [2.05, 4.69) is 15.3 Å². The molecular formula is C32H45N5O6S2. The molecule has 1 N–H and O–H groups in total. The first-order valence-electron chi connectivity index (χ1n) is 15.1. The zero-order valence-corrected chi connectivity index (χ0v) is 29.2. The van der Waals surface area contributed by atoms with Crippen LogP contribution in [0.5, 0.6) is 0 Å². The number of amides is 2. The van der Waals surface area contributed by atoms with Crippen molar-refractivity contribution in [3.8, 4) is 10.7 Å². The van der Waals surface area contributed by atoms with Gasteiger partial charge in [0.15, 0.2) is 11.6 Å². The number of hydrogen-bond donors (Lipinski definition) is 1. The summed E-state index contributed by atoms with van der Waals surface area (Å²) in [5.74, 6) is -1.17. The van der Waals surface area contributed by atoms with Crippen molar-refractivity contribution in [3.05, 3.63) is 33.2 Å². The number of nitrogens with zero attached hydrogens (tertiary/aromatic N) is 4. The predicted molar refractivity (Wildman–Crippen MR) is 175 cm³/mol.